The Kier molecular flexibility index (Phi) is 5.51. The van der Waals surface area contributed by atoms with E-state index in [1.165, 1.54) is 0 Å². The van der Waals surface area contributed by atoms with Gasteiger partial charge in [-0.2, -0.15) is 0 Å². The van der Waals surface area contributed by atoms with Crippen molar-refractivity contribution in [1.29, 1.82) is 0 Å². The van der Waals surface area contributed by atoms with Crippen molar-refractivity contribution in [2.45, 2.75) is 25.3 Å². The monoisotopic (exact) mass is 392 g/mol. The molecule has 0 spiro atoms. The number of rotatable bonds is 6. The van der Waals surface area contributed by atoms with Crippen molar-refractivity contribution in [3.63, 3.8) is 0 Å². The molecule has 1 aliphatic rings. The van der Waals surface area contributed by atoms with E-state index in [4.69, 9.17) is 13.9 Å². The van der Waals surface area contributed by atoms with Gasteiger partial charge in [0.1, 0.15) is 17.8 Å². The molecule has 150 valence electrons. The Balaban J connectivity index is 1.51. The first-order valence-electron chi connectivity index (χ1n) is 9.71. The molecule has 2 aromatic carbocycles. The quantitative estimate of drug-likeness (QED) is 0.627. The van der Waals surface area contributed by atoms with Gasteiger partial charge in [0.2, 0.25) is 11.8 Å². The van der Waals surface area contributed by atoms with E-state index >= 15 is 0 Å². The number of nitrogens with zero attached hydrogens (tertiary/aromatic N) is 2. The average Bonchev–Trinajstić information content (AvgIpc) is 3.43. The van der Waals surface area contributed by atoms with Crippen molar-refractivity contribution in [2.75, 3.05) is 20.8 Å². The molecule has 6 heteroatoms. The number of carbonyl (C=O) groups excluding carboxylic acids is 1. The molecule has 0 saturated carbocycles. The molecule has 1 atom stereocenters. The summed E-state index contributed by atoms with van der Waals surface area (Å²) in [4.78, 5) is 19.5. The zero-order valence-electron chi connectivity index (χ0n) is 16.6. The molecule has 29 heavy (non-hydrogen) atoms. The largest absolute Gasteiger partial charge is 0.497 e. The Morgan fingerprint density at radius 3 is 2.76 bits per heavy atom. The lowest BCUT2D eigenvalue weighted by molar-refractivity contribution is -0.131. The summed E-state index contributed by atoms with van der Waals surface area (Å²) in [5, 5.41) is 0. The second-order valence-electron chi connectivity index (χ2n) is 7.04. The minimum atomic E-state index is -0.0103. The first kappa shape index (κ1) is 19.1. The second-order valence-corrected chi connectivity index (χ2v) is 7.04. The van der Waals surface area contributed by atoms with Gasteiger partial charge in [0.15, 0.2) is 0 Å². The van der Waals surface area contributed by atoms with Crippen LogP contribution in [-0.4, -0.2) is 36.6 Å². The highest BCUT2D eigenvalue weighted by molar-refractivity contribution is 5.79. The van der Waals surface area contributed by atoms with Gasteiger partial charge in [-0.3, -0.25) is 4.79 Å². The fourth-order valence-corrected chi connectivity index (χ4v) is 3.84. The van der Waals surface area contributed by atoms with E-state index in [2.05, 4.69) is 4.98 Å². The topological polar surface area (TPSA) is 64.8 Å². The Morgan fingerprint density at radius 1 is 1.17 bits per heavy atom. The molecule has 0 aliphatic carbocycles. The van der Waals surface area contributed by atoms with Gasteiger partial charge < -0.3 is 18.8 Å². The molecular weight excluding hydrogens is 368 g/mol. The van der Waals surface area contributed by atoms with Crippen molar-refractivity contribution >= 4 is 5.91 Å². The van der Waals surface area contributed by atoms with Crippen LogP contribution in [0.15, 0.2) is 59.2 Å². The van der Waals surface area contributed by atoms with Crippen molar-refractivity contribution in [1.82, 2.24) is 9.88 Å². The maximum absolute atomic E-state index is 13.0. The van der Waals surface area contributed by atoms with Crippen LogP contribution < -0.4 is 9.47 Å². The lowest BCUT2D eigenvalue weighted by atomic mass is 10.0. The average molecular weight is 392 g/mol. The fraction of sp³-hybridized carbons (Fsp3) is 0.304. The highest BCUT2D eigenvalue weighted by atomic mass is 16.5. The van der Waals surface area contributed by atoms with Crippen LogP contribution in [0.2, 0.25) is 0 Å². The van der Waals surface area contributed by atoms with E-state index in [-0.39, 0.29) is 18.4 Å². The molecular formula is C23H24N2O4. The van der Waals surface area contributed by atoms with Gasteiger partial charge in [-0.05, 0) is 37.1 Å². The van der Waals surface area contributed by atoms with Gasteiger partial charge in [-0.25, -0.2) is 4.98 Å². The van der Waals surface area contributed by atoms with Gasteiger partial charge in [-0.1, -0.05) is 18.2 Å². The number of hydrogen-bond donors (Lipinski definition) is 0. The lowest BCUT2D eigenvalue weighted by Crippen LogP contribution is -2.32. The summed E-state index contributed by atoms with van der Waals surface area (Å²) in [5.74, 6) is 2.04. The van der Waals surface area contributed by atoms with Crippen LogP contribution in [0.25, 0.3) is 11.5 Å². The fourth-order valence-electron chi connectivity index (χ4n) is 3.84. The number of oxazole rings is 1. The van der Waals surface area contributed by atoms with Gasteiger partial charge in [0.25, 0.3) is 0 Å². The molecule has 4 rings (SSSR count). The molecule has 0 radical (unpaired) electrons. The van der Waals surface area contributed by atoms with Crippen LogP contribution in [0.4, 0.5) is 0 Å². The predicted octanol–water partition coefficient (Wildman–Crippen LogP) is 4.27. The molecule has 1 aromatic heterocycles. The Bertz CT molecular complexity index is 984. The third kappa shape index (κ3) is 3.97. The standard InChI is InChI=1S/C23H24N2O4/c1-27-18-10-11-19(21(14-18)28-2)20-9-6-12-25(20)22(26)13-17-15-29-23(24-17)16-7-4-3-5-8-16/h3-5,7-8,10-11,14-15,20H,6,9,12-13H2,1-2H3. The van der Waals surface area contributed by atoms with E-state index in [1.807, 2.05) is 53.4 Å². The minimum Gasteiger partial charge on any atom is -0.497 e. The van der Waals surface area contributed by atoms with Gasteiger partial charge in [0, 0.05) is 23.7 Å². The Morgan fingerprint density at radius 2 is 2.00 bits per heavy atom. The van der Waals surface area contributed by atoms with E-state index in [9.17, 15) is 4.79 Å². The molecule has 1 amide bonds. The normalized spacial score (nSPS) is 16.1. The van der Waals surface area contributed by atoms with Crippen LogP contribution >= 0.6 is 0 Å². The summed E-state index contributed by atoms with van der Waals surface area (Å²) in [5.41, 5.74) is 2.54. The molecule has 2 heterocycles. The molecule has 3 aromatic rings. The van der Waals surface area contributed by atoms with Crippen LogP contribution in [0.1, 0.15) is 30.1 Å². The summed E-state index contributed by atoms with van der Waals surface area (Å²) in [6.45, 7) is 0.724. The van der Waals surface area contributed by atoms with Crippen molar-refractivity contribution < 1.29 is 18.7 Å². The first-order valence-corrected chi connectivity index (χ1v) is 9.71. The summed E-state index contributed by atoms with van der Waals surface area (Å²) in [6, 6.07) is 15.4. The van der Waals surface area contributed by atoms with E-state index < -0.39 is 0 Å². The maximum Gasteiger partial charge on any atom is 0.229 e. The number of amides is 1. The number of aromatic nitrogens is 1. The third-order valence-corrected chi connectivity index (χ3v) is 5.28. The van der Waals surface area contributed by atoms with E-state index in [0.717, 1.165) is 42.0 Å². The Hall–Kier alpha value is -3.28. The zero-order chi connectivity index (χ0) is 20.2. The highest BCUT2D eigenvalue weighted by Crippen LogP contribution is 2.39. The summed E-state index contributed by atoms with van der Waals surface area (Å²) >= 11 is 0. The van der Waals surface area contributed by atoms with Gasteiger partial charge in [0.05, 0.1) is 32.4 Å². The smallest absolute Gasteiger partial charge is 0.229 e. The third-order valence-electron chi connectivity index (χ3n) is 5.28. The summed E-state index contributed by atoms with van der Waals surface area (Å²) in [7, 11) is 3.27. The molecule has 1 unspecified atom stereocenters. The SMILES string of the molecule is COc1ccc(C2CCCN2C(=O)Cc2coc(-c3ccccc3)n2)c(OC)c1. The zero-order valence-corrected chi connectivity index (χ0v) is 16.6. The number of hydrogen-bond acceptors (Lipinski definition) is 5. The van der Waals surface area contributed by atoms with Crippen LogP contribution in [0, 0.1) is 0 Å². The lowest BCUT2D eigenvalue weighted by Gasteiger charge is -2.26. The highest BCUT2D eigenvalue weighted by Gasteiger charge is 2.32. The number of benzene rings is 2. The maximum atomic E-state index is 13.0. The molecule has 0 N–H and O–H groups in total. The number of ether oxygens (including phenoxy) is 2. The minimum absolute atomic E-state index is 0.0103. The number of methoxy groups -OCH3 is 2. The number of likely N-dealkylation sites (tertiary alicyclic amines) is 1. The molecule has 1 aliphatic heterocycles. The molecule has 1 fully saturated rings. The molecule has 1 saturated heterocycles. The predicted molar refractivity (Wildman–Crippen MR) is 109 cm³/mol. The van der Waals surface area contributed by atoms with Gasteiger partial charge >= 0.3 is 0 Å². The Labute approximate surface area is 170 Å². The van der Waals surface area contributed by atoms with Crippen molar-refractivity contribution in [2.24, 2.45) is 0 Å². The van der Waals surface area contributed by atoms with Crippen molar-refractivity contribution in [3.05, 3.63) is 66.1 Å². The van der Waals surface area contributed by atoms with E-state index in [0.29, 0.717) is 11.6 Å². The summed E-state index contributed by atoms with van der Waals surface area (Å²) in [6.07, 6.45) is 3.65. The second kappa shape index (κ2) is 8.39. The number of carbonyl (C=O) groups is 1. The molecule has 6 nitrogen and oxygen atoms in total. The van der Waals surface area contributed by atoms with Gasteiger partial charge in [-0.15, -0.1) is 0 Å². The van der Waals surface area contributed by atoms with Crippen LogP contribution in [0.3, 0.4) is 0 Å². The van der Waals surface area contributed by atoms with Crippen molar-refractivity contribution in [3.8, 4) is 23.0 Å². The van der Waals surface area contributed by atoms with Crippen LogP contribution in [0.5, 0.6) is 11.5 Å². The summed E-state index contributed by atoms with van der Waals surface area (Å²) < 4.78 is 16.4. The van der Waals surface area contributed by atoms with E-state index in [1.54, 1.807) is 20.5 Å². The van der Waals surface area contributed by atoms with Crippen LogP contribution in [-0.2, 0) is 11.2 Å². The first-order chi connectivity index (χ1) is 14.2. The molecule has 0 bridgehead atoms.